The quantitative estimate of drug-likeness (QED) is 0.0261. The topological polar surface area (TPSA) is 149 Å². The van der Waals surface area contributed by atoms with Crippen LogP contribution in [0.5, 0.6) is 0 Å². The molecule has 1 saturated heterocycles. The van der Waals surface area contributed by atoms with Crippen molar-refractivity contribution in [3.63, 3.8) is 0 Å². The highest BCUT2D eigenvalue weighted by molar-refractivity contribution is 5.76. The lowest BCUT2D eigenvalue weighted by Crippen LogP contribution is -2.60. The van der Waals surface area contributed by atoms with Crippen molar-refractivity contribution < 1.29 is 39.8 Å². The zero-order valence-electron chi connectivity index (χ0n) is 55.7. The molecule has 1 amide bonds. The minimum atomic E-state index is -1.59. The van der Waals surface area contributed by atoms with Crippen molar-refractivity contribution >= 4 is 5.91 Å². The average Bonchev–Trinajstić information content (AvgIpc) is 3.31. The largest absolute Gasteiger partial charge is 0.394 e. The van der Waals surface area contributed by atoms with Gasteiger partial charge in [0.15, 0.2) is 6.29 Å². The molecule has 1 aliphatic rings. The number of hydrogen-bond donors (Lipinski definition) is 6. The Hall–Kier alpha value is -4.45. The van der Waals surface area contributed by atoms with Crippen molar-refractivity contribution in [1.29, 1.82) is 0 Å². The van der Waals surface area contributed by atoms with Crippen molar-refractivity contribution in [2.75, 3.05) is 13.2 Å². The summed E-state index contributed by atoms with van der Waals surface area (Å²) >= 11 is 0. The summed E-state index contributed by atoms with van der Waals surface area (Å²) in [5.74, 6) is -0.208. The molecule has 0 aromatic heterocycles. The molecule has 7 atom stereocenters. The van der Waals surface area contributed by atoms with E-state index < -0.39 is 49.5 Å². The van der Waals surface area contributed by atoms with Crippen LogP contribution < -0.4 is 5.32 Å². The van der Waals surface area contributed by atoms with Crippen LogP contribution in [0, 0.1) is 0 Å². The molecule has 0 saturated carbocycles. The lowest BCUT2D eigenvalue weighted by atomic mass is 9.99. The second-order valence-corrected chi connectivity index (χ2v) is 23.6. The van der Waals surface area contributed by atoms with Crippen LogP contribution >= 0.6 is 0 Å². The Morgan fingerprint density at radius 1 is 0.398 bits per heavy atom. The molecule has 7 unspecified atom stereocenters. The molecule has 1 aliphatic heterocycles. The maximum atomic E-state index is 13.1. The number of carbonyl (C=O) groups is 1. The van der Waals surface area contributed by atoms with Gasteiger partial charge in [-0.2, -0.15) is 0 Å². The van der Waals surface area contributed by atoms with E-state index in [1.54, 1.807) is 6.08 Å². The van der Waals surface area contributed by atoms with Gasteiger partial charge in [0.05, 0.1) is 25.4 Å². The van der Waals surface area contributed by atoms with Crippen molar-refractivity contribution in [2.24, 2.45) is 0 Å². The zero-order valence-corrected chi connectivity index (χ0v) is 55.7. The van der Waals surface area contributed by atoms with Gasteiger partial charge >= 0.3 is 0 Å². The average molecular weight is 1220 g/mol. The van der Waals surface area contributed by atoms with E-state index in [0.717, 1.165) is 135 Å². The van der Waals surface area contributed by atoms with E-state index in [1.807, 2.05) is 6.08 Å². The summed E-state index contributed by atoms with van der Waals surface area (Å²) in [7, 11) is 0. The van der Waals surface area contributed by atoms with Gasteiger partial charge in [0.25, 0.3) is 0 Å². The molecule has 0 spiro atoms. The van der Waals surface area contributed by atoms with Crippen LogP contribution in [-0.4, -0.2) is 87.5 Å². The first kappa shape index (κ1) is 81.6. The highest BCUT2D eigenvalue weighted by Crippen LogP contribution is 2.23. The lowest BCUT2D eigenvalue weighted by Gasteiger charge is -2.40. The number of aliphatic hydroxyl groups is 5. The fraction of sp³-hybridized carbons (Fsp3) is 0.633. The molecule has 0 aromatic rings. The third-order valence-electron chi connectivity index (χ3n) is 15.5. The van der Waals surface area contributed by atoms with Crippen LogP contribution in [0.3, 0.4) is 0 Å². The van der Waals surface area contributed by atoms with Gasteiger partial charge in [0.2, 0.25) is 5.91 Å². The molecule has 0 radical (unpaired) electrons. The molecular weight excluding hydrogens is 1090 g/mol. The van der Waals surface area contributed by atoms with Gasteiger partial charge in [-0.05, 0) is 128 Å². The predicted octanol–water partition coefficient (Wildman–Crippen LogP) is 19.7. The Kier molecular flexibility index (Phi) is 60.7. The van der Waals surface area contributed by atoms with E-state index in [4.69, 9.17) is 9.47 Å². The third kappa shape index (κ3) is 53.4. The number of unbranched alkanes of at least 4 members (excludes halogenated alkanes) is 23. The van der Waals surface area contributed by atoms with Crippen molar-refractivity contribution in [2.45, 2.75) is 307 Å². The van der Waals surface area contributed by atoms with E-state index in [-0.39, 0.29) is 12.5 Å². The summed E-state index contributed by atoms with van der Waals surface area (Å²) in [4.78, 5) is 13.1. The van der Waals surface area contributed by atoms with Crippen LogP contribution in [0.1, 0.15) is 264 Å². The van der Waals surface area contributed by atoms with Gasteiger partial charge in [0, 0.05) is 6.42 Å². The van der Waals surface area contributed by atoms with Crippen molar-refractivity contribution in [3.8, 4) is 0 Å². The van der Waals surface area contributed by atoms with Gasteiger partial charge < -0.3 is 40.3 Å². The molecule has 498 valence electrons. The smallest absolute Gasteiger partial charge is 0.220 e. The highest BCUT2D eigenvalue weighted by atomic mass is 16.7. The number of amides is 1. The molecule has 9 heteroatoms. The number of aliphatic hydroxyl groups excluding tert-OH is 5. The summed E-state index contributed by atoms with van der Waals surface area (Å²) in [6.07, 6.45) is 97.3. The first-order valence-corrected chi connectivity index (χ1v) is 35.4. The van der Waals surface area contributed by atoms with Crippen LogP contribution in [-0.2, 0) is 14.3 Å². The Morgan fingerprint density at radius 3 is 1.09 bits per heavy atom. The van der Waals surface area contributed by atoms with Crippen LogP contribution in [0.4, 0.5) is 0 Å². The molecular formula is C79H129NO8. The molecule has 6 N–H and O–H groups in total. The van der Waals surface area contributed by atoms with Crippen LogP contribution in [0.15, 0.2) is 170 Å². The van der Waals surface area contributed by atoms with E-state index >= 15 is 0 Å². The molecule has 0 aliphatic carbocycles. The molecule has 1 fully saturated rings. The zero-order chi connectivity index (χ0) is 63.5. The minimum absolute atomic E-state index is 0.208. The minimum Gasteiger partial charge on any atom is -0.394 e. The van der Waals surface area contributed by atoms with Crippen molar-refractivity contribution in [3.05, 3.63) is 170 Å². The van der Waals surface area contributed by atoms with Crippen molar-refractivity contribution in [1.82, 2.24) is 5.32 Å². The number of allylic oxidation sites excluding steroid dienone is 27. The maximum absolute atomic E-state index is 13.1. The first-order valence-electron chi connectivity index (χ1n) is 35.4. The molecule has 0 aromatic carbocycles. The normalized spacial score (nSPS) is 19.0. The van der Waals surface area contributed by atoms with E-state index in [1.165, 1.54) is 109 Å². The number of nitrogens with one attached hydrogen (secondary N) is 1. The fourth-order valence-electron chi connectivity index (χ4n) is 10.0. The fourth-order valence-corrected chi connectivity index (χ4v) is 10.0. The Balaban J connectivity index is 2.20. The monoisotopic (exact) mass is 1220 g/mol. The predicted molar refractivity (Wildman–Crippen MR) is 377 cm³/mol. The third-order valence-corrected chi connectivity index (χ3v) is 15.5. The second kappa shape index (κ2) is 65.5. The van der Waals surface area contributed by atoms with Gasteiger partial charge in [-0.1, -0.05) is 300 Å². The molecule has 9 nitrogen and oxygen atoms in total. The van der Waals surface area contributed by atoms with Crippen LogP contribution in [0.2, 0.25) is 0 Å². The van der Waals surface area contributed by atoms with E-state index in [0.29, 0.717) is 6.42 Å². The standard InChI is InChI=1S/C79H129NO8/c1-3-5-7-9-11-13-15-17-19-21-23-25-27-29-30-31-32-33-34-35-36-37-38-39-40-41-42-43-44-45-47-49-51-53-55-57-59-61-63-65-67-69-75(83)80-72(71-87-79-78(86)77(85)76(84)74(70-81)88-79)73(82)68-66-64-62-60-58-56-54-52-50-48-46-28-26-24-22-20-18-16-14-12-10-8-6-4-2/h5,7,11,13,17,19,23,25,29-30,32-33,35-36,38-39,41-42,44-45,49-52,58,60,66,68,72-74,76-79,81-82,84-86H,3-4,6,8-10,12,14-16,18,20-22,24,26-28,31,34,37,40,43,46-48,53-57,59,61-65,67,69-71H2,1-2H3,(H,80,83)/b7-5-,13-11-,19-17-,25-23-,30-29-,33-32-,36-35-,39-38-,42-41-,45-44-,51-49-,52-50+,60-58+,68-66+. The van der Waals surface area contributed by atoms with Gasteiger partial charge in [-0.15, -0.1) is 0 Å². The van der Waals surface area contributed by atoms with Gasteiger partial charge in [-0.25, -0.2) is 0 Å². The Bertz CT molecular complexity index is 2000. The number of ether oxygens (including phenoxy) is 2. The lowest BCUT2D eigenvalue weighted by molar-refractivity contribution is -0.302. The Morgan fingerprint density at radius 2 is 0.716 bits per heavy atom. The molecule has 0 bridgehead atoms. The summed E-state index contributed by atoms with van der Waals surface area (Å²) < 4.78 is 11.3. The first-order chi connectivity index (χ1) is 43.3. The van der Waals surface area contributed by atoms with Gasteiger partial charge in [-0.3, -0.25) is 4.79 Å². The highest BCUT2D eigenvalue weighted by Gasteiger charge is 2.44. The van der Waals surface area contributed by atoms with Crippen LogP contribution in [0.25, 0.3) is 0 Å². The maximum Gasteiger partial charge on any atom is 0.220 e. The van der Waals surface area contributed by atoms with E-state index in [9.17, 15) is 30.3 Å². The number of hydrogen-bond acceptors (Lipinski definition) is 8. The summed E-state index contributed by atoms with van der Waals surface area (Å²) in [5.41, 5.74) is 0. The second-order valence-electron chi connectivity index (χ2n) is 23.6. The van der Waals surface area contributed by atoms with E-state index in [2.05, 4.69) is 177 Å². The molecule has 88 heavy (non-hydrogen) atoms. The summed E-state index contributed by atoms with van der Waals surface area (Å²) in [5, 5.41) is 54.7. The SMILES string of the molecule is CC/C=C\C/C=C\C/C=C\C/C=C\C/C=C\C/C=C\C/C=C\C/C=C\C/C=C\C/C=C\C/C=C\CCCCCCCCCC(=O)NC(COC1OC(CO)C(O)C(O)C1O)C(O)/C=C/CC/C=C/CC/C=C/CCCCCCCCCCCCCCCC. The summed E-state index contributed by atoms with van der Waals surface area (Å²) in [6.45, 7) is 3.64. The molecule has 1 rings (SSSR count). The number of rotatable bonds is 59. The summed E-state index contributed by atoms with van der Waals surface area (Å²) in [6, 6.07) is -0.849. The Labute approximate surface area is 538 Å². The van der Waals surface area contributed by atoms with Gasteiger partial charge in [0.1, 0.15) is 24.4 Å². The number of carbonyl (C=O) groups excluding carboxylic acids is 1. The molecule has 1 heterocycles.